The highest BCUT2D eigenvalue weighted by Gasteiger charge is 2.27. The van der Waals surface area contributed by atoms with Gasteiger partial charge in [-0.15, -0.1) is 0 Å². The lowest BCUT2D eigenvalue weighted by Crippen LogP contribution is -2.29. The predicted octanol–water partition coefficient (Wildman–Crippen LogP) is 1.58. The molecule has 0 spiro atoms. The fourth-order valence-electron chi connectivity index (χ4n) is 1.72. The van der Waals surface area contributed by atoms with Crippen LogP contribution in [0, 0.1) is 0 Å². The van der Waals surface area contributed by atoms with Crippen LogP contribution in [0.25, 0.3) is 0 Å². The van der Waals surface area contributed by atoms with Gasteiger partial charge in [-0.3, -0.25) is 9.59 Å². The maximum atomic E-state index is 11.7. The van der Waals surface area contributed by atoms with Crippen molar-refractivity contribution in [1.29, 1.82) is 0 Å². The van der Waals surface area contributed by atoms with Crippen LogP contribution in [0.15, 0.2) is 24.3 Å². The Morgan fingerprint density at radius 1 is 1.50 bits per heavy atom. The summed E-state index contributed by atoms with van der Waals surface area (Å²) in [5, 5.41) is 0. The topological polar surface area (TPSA) is 52.6 Å². The van der Waals surface area contributed by atoms with Gasteiger partial charge in [0.05, 0.1) is 19.1 Å². The molecule has 4 nitrogen and oxygen atoms in total. The standard InChI is InChI=1S/C12H12O4/c1-15-12(14)7-8-6-10(13)9-4-2-3-5-11(9)16-8/h2-5,8H,6-7H2,1H3/t8-/m0/s1. The van der Waals surface area contributed by atoms with E-state index < -0.39 is 6.10 Å². The van der Waals surface area contributed by atoms with E-state index in [9.17, 15) is 9.59 Å². The summed E-state index contributed by atoms with van der Waals surface area (Å²) in [5.41, 5.74) is 0.587. The van der Waals surface area contributed by atoms with Gasteiger partial charge in [-0.1, -0.05) is 12.1 Å². The van der Waals surface area contributed by atoms with Crippen LogP contribution in [0.3, 0.4) is 0 Å². The Morgan fingerprint density at radius 2 is 2.25 bits per heavy atom. The van der Waals surface area contributed by atoms with Gasteiger partial charge in [0.15, 0.2) is 5.78 Å². The van der Waals surface area contributed by atoms with Crippen molar-refractivity contribution in [3.8, 4) is 5.75 Å². The normalized spacial score (nSPS) is 18.6. The van der Waals surface area contributed by atoms with E-state index in [0.717, 1.165) is 0 Å². The molecule has 1 aliphatic rings. The van der Waals surface area contributed by atoms with Crippen LogP contribution in [0.5, 0.6) is 5.75 Å². The smallest absolute Gasteiger partial charge is 0.309 e. The summed E-state index contributed by atoms with van der Waals surface area (Å²) in [6, 6.07) is 7.05. The summed E-state index contributed by atoms with van der Waals surface area (Å²) in [4.78, 5) is 22.8. The molecule has 1 heterocycles. The lowest BCUT2D eigenvalue weighted by Gasteiger charge is -2.24. The van der Waals surface area contributed by atoms with Crippen molar-refractivity contribution in [1.82, 2.24) is 0 Å². The first kappa shape index (κ1) is 10.7. The Labute approximate surface area is 93.2 Å². The Bertz CT molecular complexity index is 425. The number of benzene rings is 1. The van der Waals surface area contributed by atoms with E-state index in [1.807, 2.05) is 0 Å². The molecule has 0 saturated carbocycles. The van der Waals surface area contributed by atoms with Gasteiger partial charge in [-0.25, -0.2) is 0 Å². The molecule has 1 aliphatic heterocycles. The molecular weight excluding hydrogens is 208 g/mol. The molecule has 0 aliphatic carbocycles. The molecule has 1 aromatic carbocycles. The van der Waals surface area contributed by atoms with Gasteiger partial charge in [-0.2, -0.15) is 0 Å². The van der Waals surface area contributed by atoms with Crippen molar-refractivity contribution in [2.45, 2.75) is 18.9 Å². The molecule has 2 rings (SSSR count). The average molecular weight is 220 g/mol. The molecule has 0 bridgehead atoms. The zero-order valence-corrected chi connectivity index (χ0v) is 8.93. The maximum Gasteiger partial charge on any atom is 0.309 e. The minimum Gasteiger partial charge on any atom is -0.489 e. The van der Waals surface area contributed by atoms with Crippen LogP contribution >= 0.6 is 0 Å². The first-order valence-corrected chi connectivity index (χ1v) is 5.06. The Morgan fingerprint density at radius 3 is 3.00 bits per heavy atom. The second-order valence-electron chi connectivity index (χ2n) is 3.64. The van der Waals surface area contributed by atoms with E-state index in [0.29, 0.717) is 11.3 Å². The molecule has 0 radical (unpaired) electrons. The molecule has 0 amide bonds. The van der Waals surface area contributed by atoms with Gasteiger partial charge in [0.2, 0.25) is 0 Å². The van der Waals surface area contributed by atoms with Crippen molar-refractivity contribution < 1.29 is 19.1 Å². The summed E-state index contributed by atoms with van der Waals surface area (Å²) in [7, 11) is 1.32. The van der Waals surface area contributed by atoms with E-state index in [4.69, 9.17) is 4.74 Å². The monoisotopic (exact) mass is 220 g/mol. The van der Waals surface area contributed by atoms with Gasteiger partial charge in [0.25, 0.3) is 0 Å². The number of esters is 1. The maximum absolute atomic E-state index is 11.7. The van der Waals surface area contributed by atoms with E-state index in [1.165, 1.54) is 7.11 Å². The fourth-order valence-corrected chi connectivity index (χ4v) is 1.72. The van der Waals surface area contributed by atoms with Crippen molar-refractivity contribution in [2.24, 2.45) is 0 Å². The molecular formula is C12H12O4. The number of para-hydroxylation sites is 1. The molecule has 0 unspecified atom stereocenters. The highest BCUT2D eigenvalue weighted by Crippen LogP contribution is 2.28. The molecule has 4 heteroatoms. The van der Waals surface area contributed by atoms with Crippen LogP contribution in [0.4, 0.5) is 0 Å². The molecule has 0 N–H and O–H groups in total. The summed E-state index contributed by atoms with van der Waals surface area (Å²) in [6.07, 6.45) is -0.0715. The molecule has 84 valence electrons. The Hall–Kier alpha value is -1.84. The van der Waals surface area contributed by atoms with E-state index in [2.05, 4.69) is 4.74 Å². The number of rotatable bonds is 2. The van der Waals surface area contributed by atoms with Gasteiger partial charge in [-0.05, 0) is 12.1 Å². The lowest BCUT2D eigenvalue weighted by molar-refractivity contribution is -0.142. The fraction of sp³-hybridized carbons (Fsp3) is 0.333. The second-order valence-corrected chi connectivity index (χ2v) is 3.64. The SMILES string of the molecule is COC(=O)C[C@@H]1CC(=O)c2ccccc2O1. The summed E-state index contributed by atoms with van der Waals surface area (Å²) < 4.78 is 10.1. The number of fused-ring (bicyclic) bond motifs is 1. The number of carbonyl (C=O) groups excluding carboxylic acids is 2. The molecule has 0 aromatic heterocycles. The van der Waals surface area contributed by atoms with Gasteiger partial charge < -0.3 is 9.47 Å². The van der Waals surface area contributed by atoms with Crippen molar-refractivity contribution in [2.75, 3.05) is 7.11 Å². The van der Waals surface area contributed by atoms with Crippen LogP contribution in [-0.4, -0.2) is 25.0 Å². The van der Waals surface area contributed by atoms with Crippen LogP contribution in [0.1, 0.15) is 23.2 Å². The number of methoxy groups -OCH3 is 1. The molecule has 0 fully saturated rings. The lowest BCUT2D eigenvalue weighted by atomic mass is 9.99. The van der Waals surface area contributed by atoms with Crippen LogP contribution in [0.2, 0.25) is 0 Å². The number of ketones is 1. The van der Waals surface area contributed by atoms with Crippen LogP contribution < -0.4 is 4.74 Å². The number of carbonyl (C=O) groups is 2. The summed E-state index contributed by atoms with van der Waals surface area (Å²) >= 11 is 0. The third kappa shape index (κ3) is 2.05. The first-order chi connectivity index (χ1) is 7.70. The zero-order chi connectivity index (χ0) is 11.5. The van der Waals surface area contributed by atoms with Crippen molar-refractivity contribution >= 4 is 11.8 Å². The van der Waals surface area contributed by atoms with Crippen LogP contribution in [-0.2, 0) is 9.53 Å². The van der Waals surface area contributed by atoms with Gasteiger partial charge >= 0.3 is 5.97 Å². The molecule has 1 aromatic rings. The van der Waals surface area contributed by atoms with E-state index in [1.54, 1.807) is 24.3 Å². The minimum absolute atomic E-state index is 0.00996. The predicted molar refractivity (Wildman–Crippen MR) is 56.4 cm³/mol. The largest absolute Gasteiger partial charge is 0.489 e. The second kappa shape index (κ2) is 4.35. The molecule has 1 atom stereocenters. The highest BCUT2D eigenvalue weighted by molar-refractivity contribution is 6.00. The third-order valence-corrected chi connectivity index (χ3v) is 2.52. The number of hydrogen-bond donors (Lipinski definition) is 0. The average Bonchev–Trinajstić information content (AvgIpc) is 2.29. The molecule has 16 heavy (non-hydrogen) atoms. The van der Waals surface area contributed by atoms with E-state index in [-0.39, 0.29) is 24.6 Å². The first-order valence-electron chi connectivity index (χ1n) is 5.06. The minimum atomic E-state index is -0.408. The number of ether oxygens (including phenoxy) is 2. The van der Waals surface area contributed by atoms with Gasteiger partial charge in [0, 0.05) is 6.42 Å². The zero-order valence-electron chi connectivity index (χ0n) is 8.93. The quantitative estimate of drug-likeness (QED) is 0.710. The Balaban J connectivity index is 2.15. The Kier molecular flexibility index (Phi) is 2.90. The summed E-state index contributed by atoms with van der Waals surface area (Å²) in [5.74, 6) is 0.195. The highest BCUT2D eigenvalue weighted by atomic mass is 16.5. The third-order valence-electron chi connectivity index (χ3n) is 2.52. The van der Waals surface area contributed by atoms with E-state index >= 15 is 0 Å². The summed E-state index contributed by atoms with van der Waals surface area (Å²) in [6.45, 7) is 0. The van der Waals surface area contributed by atoms with Gasteiger partial charge in [0.1, 0.15) is 11.9 Å². The molecule has 0 saturated heterocycles. The number of Topliss-reactive ketones (excluding diaryl/α,β-unsaturated/α-hetero) is 1. The number of hydrogen-bond acceptors (Lipinski definition) is 4. The van der Waals surface area contributed by atoms with Crippen molar-refractivity contribution in [3.05, 3.63) is 29.8 Å². The van der Waals surface area contributed by atoms with Crippen molar-refractivity contribution in [3.63, 3.8) is 0 Å².